The van der Waals surface area contributed by atoms with Crippen molar-refractivity contribution in [1.29, 1.82) is 0 Å². The quantitative estimate of drug-likeness (QED) is 0.822. The number of alkyl halides is 2. The minimum atomic E-state index is -2.89. The zero-order valence-electron chi connectivity index (χ0n) is 13.6. The molecular weight excluding hydrogens is 314 g/mol. The van der Waals surface area contributed by atoms with Gasteiger partial charge in [0.15, 0.2) is 11.5 Å². The van der Waals surface area contributed by atoms with Crippen molar-refractivity contribution in [1.82, 2.24) is 5.32 Å². The third-order valence-corrected chi connectivity index (χ3v) is 4.94. The van der Waals surface area contributed by atoms with Gasteiger partial charge in [-0.05, 0) is 43.9 Å². The van der Waals surface area contributed by atoms with E-state index in [1.807, 2.05) is 0 Å². The molecule has 1 saturated carbocycles. The van der Waals surface area contributed by atoms with Crippen molar-refractivity contribution < 1.29 is 18.3 Å². The van der Waals surface area contributed by atoms with Gasteiger partial charge in [-0.3, -0.25) is 0 Å². The zero-order chi connectivity index (χ0) is 17.0. The minimum absolute atomic E-state index is 0.0391. The molecule has 0 bridgehead atoms. The van der Waals surface area contributed by atoms with E-state index < -0.39 is 12.2 Å². The van der Waals surface area contributed by atoms with E-state index >= 15 is 0 Å². The molecule has 24 heavy (non-hydrogen) atoms. The van der Waals surface area contributed by atoms with Crippen LogP contribution in [0.5, 0.6) is 11.5 Å². The van der Waals surface area contributed by atoms with E-state index in [-0.39, 0.29) is 11.9 Å². The van der Waals surface area contributed by atoms with Gasteiger partial charge in [-0.15, -0.1) is 0 Å². The van der Waals surface area contributed by atoms with Crippen molar-refractivity contribution in [2.45, 2.75) is 56.8 Å². The molecule has 2 fully saturated rings. The second-order valence-electron chi connectivity index (χ2n) is 6.46. The van der Waals surface area contributed by atoms with E-state index in [1.165, 1.54) is 6.07 Å². The summed E-state index contributed by atoms with van der Waals surface area (Å²) >= 11 is 0. The van der Waals surface area contributed by atoms with Gasteiger partial charge in [0.05, 0.1) is 6.10 Å². The first-order valence-electron chi connectivity index (χ1n) is 8.48. The molecule has 3 rings (SSSR count). The number of benzene rings is 1. The van der Waals surface area contributed by atoms with E-state index in [2.05, 4.69) is 14.9 Å². The monoisotopic (exact) mass is 336 g/mol. The molecule has 1 aliphatic heterocycles. The van der Waals surface area contributed by atoms with Gasteiger partial charge in [0.25, 0.3) is 5.54 Å². The van der Waals surface area contributed by atoms with Gasteiger partial charge in [0.2, 0.25) is 0 Å². The lowest BCUT2D eigenvalue weighted by Crippen LogP contribution is -2.37. The van der Waals surface area contributed by atoms with Crippen LogP contribution in [-0.4, -0.2) is 25.8 Å². The second-order valence-corrected chi connectivity index (χ2v) is 6.46. The maximum absolute atomic E-state index is 12.7. The predicted octanol–water partition coefficient (Wildman–Crippen LogP) is 4.11. The van der Waals surface area contributed by atoms with Crippen LogP contribution in [0, 0.1) is 6.57 Å². The molecule has 0 amide bonds. The lowest BCUT2D eigenvalue weighted by Gasteiger charge is -2.28. The van der Waals surface area contributed by atoms with Gasteiger partial charge in [-0.2, -0.15) is 8.78 Å². The Morgan fingerprint density at radius 1 is 1.17 bits per heavy atom. The minimum Gasteiger partial charge on any atom is -0.487 e. The average Bonchev–Trinajstić information content (AvgIpc) is 3.09. The van der Waals surface area contributed by atoms with Gasteiger partial charge < -0.3 is 19.6 Å². The number of ether oxygens (including phenoxy) is 2. The topological polar surface area (TPSA) is 34.9 Å². The molecule has 1 aliphatic carbocycles. The summed E-state index contributed by atoms with van der Waals surface area (Å²) in [6.07, 6.45) is 5.48. The Hall–Kier alpha value is -1.87. The van der Waals surface area contributed by atoms with E-state index in [0.29, 0.717) is 18.6 Å². The molecule has 130 valence electrons. The molecule has 1 saturated heterocycles. The molecule has 2 aliphatic rings. The number of rotatable bonds is 5. The number of piperidine rings is 1. The van der Waals surface area contributed by atoms with Crippen LogP contribution in [-0.2, 0) is 5.54 Å². The van der Waals surface area contributed by atoms with E-state index in [4.69, 9.17) is 11.3 Å². The molecule has 0 aromatic heterocycles. The van der Waals surface area contributed by atoms with Crippen LogP contribution in [0.15, 0.2) is 18.2 Å². The average molecular weight is 336 g/mol. The number of hydrogen-bond donors (Lipinski definition) is 1. The third kappa shape index (κ3) is 3.62. The molecule has 0 atom stereocenters. The summed E-state index contributed by atoms with van der Waals surface area (Å²) < 4.78 is 35.9. The highest BCUT2D eigenvalue weighted by Crippen LogP contribution is 2.41. The SMILES string of the molecule is [C-]#[N+]C1(c2ccc(OC(F)F)c(OC3CCCC3)c2)CCNCC1. The highest BCUT2D eigenvalue weighted by molar-refractivity contribution is 5.46. The molecule has 1 heterocycles. The van der Waals surface area contributed by atoms with Crippen molar-refractivity contribution >= 4 is 0 Å². The fraction of sp³-hybridized carbons (Fsp3) is 0.611. The van der Waals surface area contributed by atoms with E-state index in [1.54, 1.807) is 12.1 Å². The van der Waals surface area contributed by atoms with Gasteiger partial charge >= 0.3 is 6.61 Å². The van der Waals surface area contributed by atoms with Crippen molar-refractivity contribution in [2.24, 2.45) is 0 Å². The Balaban J connectivity index is 1.91. The number of hydrogen-bond acceptors (Lipinski definition) is 3. The first kappa shape index (κ1) is 17.0. The van der Waals surface area contributed by atoms with Crippen LogP contribution in [0.2, 0.25) is 0 Å². The number of halogens is 2. The van der Waals surface area contributed by atoms with Crippen molar-refractivity contribution in [3.05, 3.63) is 35.2 Å². The van der Waals surface area contributed by atoms with Gasteiger partial charge in [0.1, 0.15) is 0 Å². The molecule has 4 nitrogen and oxygen atoms in total. The molecule has 1 aromatic rings. The molecule has 1 N–H and O–H groups in total. The Morgan fingerprint density at radius 2 is 1.88 bits per heavy atom. The summed E-state index contributed by atoms with van der Waals surface area (Å²) in [4.78, 5) is 3.88. The molecule has 1 aromatic carbocycles. The maximum Gasteiger partial charge on any atom is 0.387 e. The molecule has 0 radical (unpaired) electrons. The fourth-order valence-corrected chi connectivity index (χ4v) is 3.57. The lowest BCUT2D eigenvalue weighted by atomic mass is 9.82. The zero-order valence-corrected chi connectivity index (χ0v) is 13.6. The van der Waals surface area contributed by atoms with Gasteiger partial charge in [-0.25, -0.2) is 6.57 Å². The summed E-state index contributed by atoms with van der Waals surface area (Å²) in [5, 5.41) is 3.26. The van der Waals surface area contributed by atoms with E-state index in [9.17, 15) is 8.78 Å². The summed E-state index contributed by atoms with van der Waals surface area (Å²) in [5.41, 5.74) is 0.219. The summed E-state index contributed by atoms with van der Waals surface area (Å²) in [6, 6.07) is 4.97. The highest BCUT2D eigenvalue weighted by atomic mass is 19.3. The lowest BCUT2D eigenvalue weighted by molar-refractivity contribution is -0.0520. The fourth-order valence-electron chi connectivity index (χ4n) is 3.57. The summed E-state index contributed by atoms with van der Waals surface area (Å²) in [7, 11) is 0. The van der Waals surface area contributed by atoms with Crippen molar-refractivity contribution in [3.8, 4) is 11.5 Å². The number of nitrogens with zero attached hydrogens (tertiary/aromatic N) is 1. The normalized spacial score (nSPS) is 20.8. The summed E-state index contributed by atoms with van der Waals surface area (Å²) in [5.74, 6) is 0.385. The Bertz CT molecular complexity index is 604. The Kier molecular flexibility index (Phi) is 5.20. The predicted molar refractivity (Wildman–Crippen MR) is 86.3 cm³/mol. The van der Waals surface area contributed by atoms with Crippen LogP contribution < -0.4 is 14.8 Å². The Morgan fingerprint density at radius 3 is 2.50 bits per heavy atom. The number of nitrogens with one attached hydrogen (secondary N) is 1. The van der Waals surface area contributed by atoms with Crippen LogP contribution in [0.1, 0.15) is 44.1 Å². The third-order valence-electron chi connectivity index (χ3n) is 4.94. The second kappa shape index (κ2) is 7.35. The maximum atomic E-state index is 12.7. The van der Waals surface area contributed by atoms with Gasteiger partial charge in [0, 0.05) is 31.5 Å². The first-order chi connectivity index (χ1) is 11.6. The highest BCUT2D eigenvalue weighted by Gasteiger charge is 2.41. The van der Waals surface area contributed by atoms with Crippen LogP contribution in [0.4, 0.5) is 8.78 Å². The largest absolute Gasteiger partial charge is 0.487 e. The van der Waals surface area contributed by atoms with E-state index in [0.717, 1.165) is 44.3 Å². The Labute approximate surface area is 141 Å². The molecule has 6 heteroatoms. The molecule has 0 unspecified atom stereocenters. The first-order valence-corrected chi connectivity index (χ1v) is 8.48. The smallest absolute Gasteiger partial charge is 0.387 e. The van der Waals surface area contributed by atoms with Gasteiger partial charge in [-0.1, -0.05) is 0 Å². The summed E-state index contributed by atoms with van der Waals surface area (Å²) in [6.45, 7) is 6.30. The molecule has 0 spiro atoms. The van der Waals surface area contributed by atoms with Crippen molar-refractivity contribution in [2.75, 3.05) is 13.1 Å². The molecular formula is C18H22F2N2O2. The standard InChI is InChI=1S/C18H22F2N2O2/c1-21-18(8-10-22-11-9-18)13-6-7-15(24-17(19)20)16(12-13)23-14-4-2-3-5-14/h6-7,12,14,17,22H,2-5,8-11H2. The van der Waals surface area contributed by atoms with Crippen molar-refractivity contribution in [3.63, 3.8) is 0 Å². The van der Waals surface area contributed by atoms with Crippen LogP contribution in [0.3, 0.4) is 0 Å². The van der Waals surface area contributed by atoms with Crippen LogP contribution >= 0.6 is 0 Å². The van der Waals surface area contributed by atoms with Crippen LogP contribution in [0.25, 0.3) is 4.85 Å².